The van der Waals surface area contributed by atoms with E-state index in [1.54, 1.807) is 0 Å². The van der Waals surface area contributed by atoms with E-state index in [1.807, 2.05) is 12.4 Å². The number of piperazine rings is 1. The van der Waals surface area contributed by atoms with Crippen LogP contribution in [0.1, 0.15) is 13.8 Å². The Bertz CT molecular complexity index is 342. The first-order chi connectivity index (χ1) is 7.18. The molecule has 0 aromatic carbocycles. The van der Waals surface area contributed by atoms with Crippen LogP contribution < -0.4 is 10.2 Å². The Balaban J connectivity index is 2.25. The van der Waals surface area contributed by atoms with Gasteiger partial charge in [0.1, 0.15) is 0 Å². The van der Waals surface area contributed by atoms with Gasteiger partial charge in [-0.15, -0.1) is 0 Å². The highest BCUT2D eigenvalue weighted by molar-refractivity contribution is 9.10. The molecule has 1 fully saturated rings. The van der Waals surface area contributed by atoms with Crippen LogP contribution in [0.25, 0.3) is 0 Å². The average Bonchev–Trinajstić information content (AvgIpc) is 2.23. The third-order valence-corrected chi connectivity index (χ3v) is 3.44. The van der Waals surface area contributed by atoms with Crippen LogP contribution in [0.15, 0.2) is 22.9 Å². The van der Waals surface area contributed by atoms with Crippen LogP contribution in [-0.4, -0.2) is 30.2 Å². The number of rotatable bonds is 1. The van der Waals surface area contributed by atoms with E-state index >= 15 is 0 Å². The van der Waals surface area contributed by atoms with E-state index in [0.29, 0.717) is 12.1 Å². The Morgan fingerprint density at radius 1 is 1.53 bits per heavy atom. The molecule has 0 radical (unpaired) electrons. The maximum atomic E-state index is 4.09. The monoisotopic (exact) mass is 269 g/mol. The normalized spacial score (nSPS) is 26.7. The Morgan fingerprint density at radius 3 is 3.07 bits per heavy atom. The fourth-order valence-electron chi connectivity index (χ4n) is 1.96. The van der Waals surface area contributed by atoms with Crippen LogP contribution >= 0.6 is 15.9 Å². The molecule has 4 heteroatoms. The first kappa shape index (κ1) is 10.9. The fraction of sp³-hybridized carbons (Fsp3) is 0.545. The van der Waals surface area contributed by atoms with Gasteiger partial charge in [0.25, 0.3) is 0 Å². The molecule has 2 heterocycles. The van der Waals surface area contributed by atoms with Crippen molar-refractivity contribution in [3.05, 3.63) is 22.9 Å². The van der Waals surface area contributed by atoms with Gasteiger partial charge in [-0.3, -0.25) is 4.98 Å². The van der Waals surface area contributed by atoms with Gasteiger partial charge in [-0.25, -0.2) is 0 Å². The van der Waals surface area contributed by atoms with Crippen LogP contribution in [-0.2, 0) is 0 Å². The minimum absolute atomic E-state index is 0.528. The average molecular weight is 270 g/mol. The molecule has 15 heavy (non-hydrogen) atoms. The van der Waals surface area contributed by atoms with Crippen molar-refractivity contribution in [2.75, 3.05) is 18.0 Å². The van der Waals surface area contributed by atoms with E-state index in [0.717, 1.165) is 17.6 Å². The smallest absolute Gasteiger partial charge is 0.0592 e. The van der Waals surface area contributed by atoms with Crippen molar-refractivity contribution in [3.8, 4) is 0 Å². The molecule has 0 bridgehead atoms. The van der Waals surface area contributed by atoms with E-state index in [-0.39, 0.29) is 0 Å². The summed E-state index contributed by atoms with van der Waals surface area (Å²) in [7, 11) is 0. The zero-order chi connectivity index (χ0) is 10.8. The van der Waals surface area contributed by atoms with Crippen molar-refractivity contribution < 1.29 is 0 Å². The molecule has 1 aromatic rings. The Kier molecular flexibility index (Phi) is 3.26. The second-order valence-corrected chi connectivity index (χ2v) is 4.99. The van der Waals surface area contributed by atoms with Crippen molar-refractivity contribution >= 4 is 21.6 Å². The number of hydrogen-bond donors (Lipinski definition) is 1. The molecule has 0 spiro atoms. The predicted octanol–water partition coefficient (Wildman–Crippen LogP) is 2.03. The highest BCUT2D eigenvalue weighted by atomic mass is 79.9. The maximum Gasteiger partial charge on any atom is 0.0592 e. The van der Waals surface area contributed by atoms with Crippen LogP contribution in [0.2, 0.25) is 0 Å². The molecule has 0 aliphatic carbocycles. The molecular weight excluding hydrogens is 254 g/mol. The number of halogens is 1. The highest BCUT2D eigenvalue weighted by Gasteiger charge is 2.23. The van der Waals surface area contributed by atoms with Gasteiger partial charge in [-0.05, 0) is 35.8 Å². The summed E-state index contributed by atoms with van der Waals surface area (Å²) in [5.41, 5.74) is 1.24. The van der Waals surface area contributed by atoms with Gasteiger partial charge >= 0.3 is 0 Å². The van der Waals surface area contributed by atoms with Gasteiger partial charge in [0.15, 0.2) is 0 Å². The highest BCUT2D eigenvalue weighted by Crippen LogP contribution is 2.27. The molecule has 1 aliphatic heterocycles. The van der Waals surface area contributed by atoms with Crippen molar-refractivity contribution in [1.29, 1.82) is 0 Å². The van der Waals surface area contributed by atoms with E-state index in [2.05, 4.69) is 51.0 Å². The van der Waals surface area contributed by atoms with E-state index in [1.165, 1.54) is 5.69 Å². The molecule has 0 saturated carbocycles. The Hall–Kier alpha value is -0.610. The summed E-state index contributed by atoms with van der Waals surface area (Å²) >= 11 is 3.55. The second-order valence-electron chi connectivity index (χ2n) is 4.14. The van der Waals surface area contributed by atoms with Gasteiger partial charge in [0.05, 0.1) is 10.2 Å². The minimum Gasteiger partial charge on any atom is -0.365 e. The third-order valence-electron chi connectivity index (χ3n) is 2.82. The van der Waals surface area contributed by atoms with Gasteiger partial charge < -0.3 is 10.2 Å². The quantitative estimate of drug-likeness (QED) is 0.846. The summed E-state index contributed by atoms with van der Waals surface area (Å²) in [6.45, 7) is 6.54. The van der Waals surface area contributed by atoms with Crippen LogP contribution in [0.5, 0.6) is 0 Å². The summed E-state index contributed by atoms with van der Waals surface area (Å²) in [4.78, 5) is 6.52. The number of nitrogens with zero attached hydrogens (tertiary/aromatic N) is 2. The molecular formula is C11H16BrN3. The summed E-state index contributed by atoms with van der Waals surface area (Å²) in [5, 5.41) is 3.48. The molecule has 1 aromatic heterocycles. The number of anilines is 1. The SMILES string of the molecule is CC1CN(c2ccncc2Br)C(C)CN1. The van der Waals surface area contributed by atoms with Gasteiger partial charge in [0.2, 0.25) is 0 Å². The van der Waals surface area contributed by atoms with Gasteiger partial charge in [0, 0.05) is 37.6 Å². The molecule has 2 rings (SSSR count). The van der Waals surface area contributed by atoms with E-state index in [9.17, 15) is 0 Å². The lowest BCUT2D eigenvalue weighted by atomic mass is 10.1. The van der Waals surface area contributed by atoms with Crippen LogP contribution in [0.3, 0.4) is 0 Å². The van der Waals surface area contributed by atoms with Crippen molar-refractivity contribution in [2.24, 2.45) is 0 Å². The number of pyridine rings is 1. The van der Waals surface area contributed by atoms with E-state index in [4.69, 9.17) is 0 Å². The summed E-state index contributed by atoms with van der Waals surface area (Å²) in [5.74, 6) is 0. The molecule has 1 aliphatic rings. The summed E-state index contributed by atoms with van der Waals surface area (Å²) in [6, 6.07) is 3.14. The molecule has 2 unspecified atom stereocenters. The zero-order valence-electron chi connectivity index (χ0n) is 9.07. The van der Waals surface area contributed by atoms with Crippen LogP contribution in [0, 0.1) is 0 Å². The third kappa shape index (κ3) is 2.32. The molecule has 2 atom stereocenters. The molecule has 3 nitrogen and oxygen atoms in total. The van der Waals surface area contributed by atoms with Crippen molar-refractivity contribution in [3.63, 3.8) is 0 Å². The molecule has 0 amide bonds. The first-order valence-corrected chi connectivity index (χ1v) is 6.07. The van der Waals surface area contributed by atoms with Gasteiger partial charge in [-0.2, -0.15) is 0 Å². The zero-order valence-corrected chi connectivity index (χ0v) is 10.7. The van der Waals surface area contributed by atoms with Gasteiger partial charge in [-0.1, -0.05) is 0 Å². The first-order valence-electron chi connectivity index (χ1n) is 5.28. The number of nitrogens with one attached hydrogen (secondary N) is 1. The standard InChI is InChI=1S/C11H16BrN3/c1-8-7-15(9(2)5-14-8)11-3-4-13-6-10(11)12/h3-4,6,8-9,14H,5,7H2,1-2H3. The van der Waals surface area contributed by atoms with Crippen molar-refractivity contribution in [2.45, 2.75) is 25.9 Å². The second kappa shape index (κ2) is 4.49. The molecule has 1 N–H and O–H groups in total. The van der Waals surface area contributed by atoms with E-state index < -0.39 is 0 Å². The summed E-state index contributed by atoms with van der Waals surface area (Å²) in [6.07, 6.45) is 3.70. The minimum atomic E-state index is 0.528. The topological polar surface area (TPSA) is 28.2 Å². The molecule has 1 saturated heterocycles. The lowest BCUT2D eigenvalue weighted by Crippen LogP contribution is -2.54. The Labute approximate surface area is 99.0 Å². The number of hydrogen-bond acceptors (Lipinski definition) is 3. The lowest BCUT2D eigenvalue weighted by Gasteiger charge is -2.39. The molecule has 82 valence electrons. The fourth-order valence-corrected chi connectivity index (χ4v) is 2.44. The van der Waals surface area contributed by atoms with Crippen molar-refractivity contribution in [1.82, 2.24) is 10.3 Å². The summed E-state index contributed by atoms with van der Waals surface area (Å²) < 4.78 is 1.07. The van der Waals surface area contributed by atoms with Crippen LogP contribution in [0.4, 0.5) is 5.69 Å². The Morgan fingerprint density at radius 2 is 2.33 bits per heavy atom. The predicted molar refractivity (Wildman–Crippen MR) is 66.2 cm³/mol. The number of aromatic nitrogens is 1. The lowest BCUT2D eigenvalue weighted by molar-refractivity contribution is 0.424. The maximum absolute atomic E-state index is 4.09. The largest absolute Gasteiger partial charge is 0.365 e.